The van der Waals surface area contributed by atoms with Crippen molar-refractivity contribution in [3.63, 3.8) is 0 Å². The third-order valence-electron chi connectivity index (χ3n) is 2.58. The van der Waals surface area contributed by atoms with Gasteiger partial charge >= 0.3 is 6.18 Å². The summed E-state index contributed by atoms with van der Waals surface area (Å²) in [5, 5.41) is 13.4. The second-order valence-corrected chi connectivity index (χ2v) is 3.66. The van der Waals surface area contributed by atoms with E-state index in [0.717, 1.165) is 19.3 Å². The first-order valence-electron chi connectivity index (χ1n) is 4.72. The zero-order valence-corrected chi connectivity index (χ0v) is 8.09. The van der Waals surface area contributed by atoms with E-state index in [4.69, 9.17) is 10.9 Å². The van der Waals surface area contributed by atoms with E-state index in [-0.39, 0.29) is 12.6 Å². The lowest BCUT2D eigenvalue weighted by molar-refractivity contribution is -0.155. The molecule has 1 rings (SSSR count). The maximum Gasteiger partial charge on any atom is 0.400 e. The minimum absolute atomic E-state index is 0.140. The van der Waals surface area contributed by atoms with Crippen LogP contribution in [0.15, 0.2) is 5.16 Å². The fourth-order valence-electron chi connectivity index (χ4n) is 1.35. The number of rotatable bonds is 4. The molecule has 1 fully saturated rings. The van der Waals surface area contributed by atoms with Gasteiger partial charge in [0.25, 0.3) is 0 Å². The highest BCUT2D eigenvalue weighted by Crippen LogP contribution is 2.27. The van der Waals surface area contributed by atoms with E-state index in [9.17, 15) is 13.2 Å². The summed E-state index contributed by atoms with van der Waals surface area (Å²) >= 11 is 0. The second kappa shape index (κ2) is 4.69. The van der Waals surface area contributed by atoms with Gasteiger partial charge in [-0.2, -0.15) is 13.2 Å². The fourth-order valence-corrected chi connectivity index (χ4v) is 1.35. The molecule has 1 aliphatic rings. The molecule has 88 valence electrons. The van der Waals surface area contributed by atoms with Crippen molar-refractivity contribution in [3.05, 3.63) is 0 Å². The predicted molar refractivity (Wildman–Crippen MR) is 48.6 cm³/mol. The van der Waals surface area contributed by atoms with Crippen molar-refractivity contribution in [1.82, 2.24) is 5.32 Å². The molecule has 0 aromatic heterocycles. The highest BCUT2D eigenvalue weighted by Gasteiger charge is 2.43. The van der Waals surface area contributed by atoms with Gasteiger partial charge in [-0.05, 0) is 12.8 Å². The number of amidine groups is 1. The van der Waals surface area contributed by atoms with Crippen molar-refractivity contribution < 1.29 is 18.4 Å². The highest BCUT2D eigenvalue weighted by molar-refractivity contribution is 5.83. The van der Waals surface area contributed by atoms with Crippen molar-refractivity contribution >= 4 is 5.84 Å². The largest absolute Gasteiger partial charge is 0.409 e. The van der Waals surface area contributed by atoms with E-state index in [0.29, 0.717) is 0 Å². The molecule has 15 heavy (non-hydrogen) atoms. The number of nitrogens with two attached hydrogens (primary N) is 1. The standard InChI is InChI=1S/C8H14F3N3O/c9-8(10,11)6(7(12)14-15)4-13-5-2-1-3-5/h5-6,13,15H,1-4H2,(H2,12,14). The first-order valence-corrected chi connectivity index (χ1v) is 4.72. The van der Waals surface area contributed by atoms with E-state index in [1.54, 1.807) is 0 Å². The van der Waals surface area contributed by atoms with Gasteiger partial charge in [-0.25, -0.2) is 0 Å². The van der Waals surface area contributed by atoms with Crippen LogP contribution >= 0.6 is 0 Å². The van der Waals surface area contributed by atoms with Crippen molar-refractivity contribution in [3.8, 4) is 0 Å². The number of oxime groups is 1. The van der Waals surface area contributed by atoms with Gasteiger partial charge in [-0.15, -0.1) is 0 Å². The molecule has 0 saturated heterocycles. The van der Waals surface area contributed by atoms with Crippen LogP contribution in [-0.2, 0) is 0 Å². The molecule has 7 heteroatoms. The average Bonchev–Trinajstić information content (AvgIpc) is 2.06. The molecule has 0 spiro atoms. The van der Waals surface area contributed by atoms with Crippen molar-refractivity contribution in [2.24, 2.45) is 16.8 Å². The third kappa shape index (κ3) is 3.26. The molecular weight excluding hydrogens is 211 g/mol. The topological polar surface area (TPSA) is 70.6 Å². The van der Waals surface area contributed by atoms with Crippen LogP contribution in [0.4, 0.5) is 13.2 Å². The molecule has 0 aromatic rings. The zero-order chi connectivity index (χ0) is 11.5. The Balaban J connectivity index is 2.48. The lowest BCUT2D eigenvalue weighted by atomic mass is 9.92. The third-order valence-corrected chi connectivity index (χ3v) is 2.58. The van der Waals surface area contributed by atoms with Crippen LogP contribution in [0.5, 0.6) is 0 Å². The maximum atomic E-state index is 12.4. The minimum atomic E-state index is -4.48. The van der Waals surface area contributed by atoms with Crippen LogP contribution in [-0.4, -0.2) is 29.8 Å². The molecular formula is C8H14F3N3O. The maximum absolute atomic E-state index is 12.4. The molecule has 1 aliphatic carbocycles. The van der Waals surface area contributed by atoms with Crippen LogP contribution < -0.4 is 11.1 Å². The Kier molecular flexibility index (Phi) is 3.78. The van der Waals surface area contributed by atoms with Gasteiger partial charge in [0.1, 0.15) is 5.92 Å². The van der Waals surface area contributed by atoms with Gasteiger partial charge in [0.15, 0.2) is 5.84 Å². The van der Waals surface area contributed by atoms with Crippen LogP contribution in [0.25, 0.3) is 0 Å². The number of alkyl halides is 3. The predicted octanol–water partition coefficient (Wildman–Crippen LogP) is 1.05. The average molecular weight is 225 g/mol. The Morgan fingerprint density at radius 1 is 1.53 bits per heavy atom. The molecule has 0 radical (unpaired) electrons. The van der Waals surface area contributed by atoms with Crippen LogP contribution in [0.1, 0.15) is 19.3 Å². The quantitative estimate of drug-likeness (QED) is 0.290. The molecule has 0 heterocycles. The summed E-state index contributed by atoms with van der Waals surface area (Å²) in [4.78, 5) is 0. The van der Waals surface area contributed by atoms with Crippen LogP contribution in [0.3, 0.4) is 0 Å². The number of nitrogens with zero attached hydrogens (tertiary/aromatic N) is 1. The van der Waals surface area contributed by atoms with Crippen molar-refractivity contribution in [2.45, 2.75) is 31.5 Å². The Morgan fingerprint density at radius 2 is 2.13 bits per heavy atom. The Morgan fingerprint density at radius 3 is 2.47 bits per heavy atom. The summed E-state index contributed by atoms with van der Waals surface area (Å²) in [6, 6.07) is 0.140. The van der Waals surface area contributed by atoms with Gasteiger partial charge in [-0.3, -0.25) is 0 Å². The molecule has 4 nitrogen and oxygen atoms in total. The van der Waals surface area contributed by atoms with Crippen LogP contribution in [0.2, 0.25) is 0 Å². The Labute approximate surface area is 85.3 Å². The number of nitrogens with one attached hydrogen (secondary N) is 1. The summed E-state index contributed by atoms with van der Waals surface area (Å²) in [6.45, 7) is -0.329. The number of hydrogen-bond donors (Lipinski definition) is 3. The normalized spacial score (nSPS) is 21.1. The molecule has 0 aromatic carbocycles. The molecule has 4 N–H and O–H groups in total. The first-order chi connectivity index (χ1) is 6.95. The Hall–Kier alpha value is -0.980. The minimum Gasteiger partial charge on any atom is -0.409 e. The molecule has 0 amide bonds. The van der Waals surface area contributed by atoms with E-state index in [2.05, 4.69) is 10.5 Å². The summed E-state index contributed by atoms with van der Waals surface area (Å²) in [6.07, 6.45) is -1.66. The molecule has 1 saturated carbocycles. The summed E-state index contributed by atoms with van der Waals surface area (Å²) in [5.74, 6) is -2.71. The monoisotopic (exact) mass is 225 g/mol. The first kappa shape index (κ1) is 12.1. The van der Waals surface area contributed by atoms with E-state index in [1.165, 1.54) is 0 Å². The lowest BCUT2D eigenvalue weighted by Gasteiger charge is -2.29. The number of hydrogen-bond acceptors (Lipinski definition) is 3. The SMILES string of the molecule is NC(=NO)C(CNC1CCC1)C(F)(F)F. The van der Waals surface area contributed by atoms with E-state index < -0.39 is 17.9 Å². The van der Waals surface area contributed by atoms with Gasteiger partial charge < -0.3 is 16.3 Å². The highest BCUT2D eigenvalue weighted by atomic mass is 19.4. The van der Waals surface area contributed by atoms with Crippen LogP contribution in [0, 0.1) is 5.92 Å². The zero-order valence-electron chi connectivity index (χ0n) is 8.09. The van der Waals surface area contributed by atoms with Gasteiger partial charge in [0.05, 0.1) is 0 Å². The van der Waals surface area contributed by atoms with Gasteiger partial charge in [0.2, 0.25) is 0 Å². The second-order valence-electron chi connectivity index (χ2n) is 3.66. The van der Waals surface area contributed by atoms with Gasteiger partial charge in [-0.1, -0.05) is 11.6 Å². The smallest absolute Gasteiger partial charge is 0.400 e. The number of halogens is 3. The molecule has 1 unspecified atom stereocenters. The molecule has 1 atom stereocenters. The van der Waals surface area contributed by atoms with E-state index >= 15 is 0 Å². The lowest BCUT2D eigenvalue weighted by Crippen LogP contribution is -2.47. The van der Waals surface area contributed by atoms with Crippen molar-refractivity contribution in [1.29, 1.82) is 0 Å². The van der Waals surface area contributed by atoms with E-state index in [1.807, 2.05) is 0 Å². The van der Waals surface area contributed by atoms with Gasteiger partial charge in [0, 0.05) is 12.6 Å². The summed E-state index contributed by atoms with van der Waals surface area (Å²) in [7, 11) is 0. The molecule has 0 bridgehead atoms. The fraction of sp³-hybridized carbons (Fsp3) is 0.875. The molecule has 0 aliphatic heterocycles. The summed E-state index contributed by atoms with van der Waals surface area (Å²) in [5.41, 5.74) is 4.99. The van der Waals surface area contributed by atoms with Crippen molar-refractivity contribution in [2.75, 3.05) is 6.54 Å². The Bertz CT molecular complexity index is 238. The summed E-state index contributed by atoms with van der Waals surface area (Å²) < 4.78 is 37.3.